The molecule has 25 heavy (non-hydrogen) atoms. The molecule has 0 heterocycles. The van der Waals surface area contributed by atoms with Gasteiger partial charge in [-0.25, -0.2) is 8.42 Å². The normalized spacial score (nSPS) is 11.1. The summed E-state index contributed by atoms with van der Waals surface area (Å²) in [6.45, 7) is 0. The quantitative estimate of drug-likeness (QED) is 0.827. The molecule has 0 bridgehead atoms. The van der Waals surface area contributed by atoms with Gasteiger partial charge in [0.2, 0.25) is 10.0 Å². The first-order chi connectivity index (χ1) is 11.6. The van der Waals surface area contributed by atoms with E-state index >= 15 is 0 Å². The largest absolute Gasteiger partial charge is 0.496 e. The summed E-state index contributed by atoms with van der Waals surface area (Å²) < 4.78 is 29.7. The predicted octanol–water partition coefficient (Wildman–Crippen LogP) is 3.65. The number of carbonyl (C=O) groups excluding carboxylic acids is 1. The van der Waals surface area contributed by atoms with Crippen LogP contribution in [0, 0.1) is 0 Å². The molecule has 2 aromatic rings. The van der Waals surface area contributed by atoms with Crippen LogP contribution in [-0.4, -0.2) is 34.7 Å². The number of nitrogens with one attached hydrogen (secondary N) is 1. The number of benzene rings is 2. The van der Waals surface area contributed by atoms with Crippen LogP contribution in [0.25, 0.3) is 0 Å². The molecule has 0 aliphatic carbocycles. The van der Waals surface area contributed by atoms with E-state index in [1.807, 2.05) is 0 Å². The highest BCUT2D eigenvalue weighted by Crippen LogP contribution is 2.32. The number of halogens is 2. The van der Waals surface area contributed by atoms with Crippen LogP contribution in [0.3, 0.4) is 0 Å². The highest BCUT2D eigenvalue weighted by atomic mass is 35.5. The minimum absolute atomic E-state index is 0.145. The van der Waals surface area contributed by atoms with E-state index in [2.05, 4.69) is 5.32 Å². The Morgan fingerprint density at radius 3 is 2.28 bits per heavy atom. The molecule has 1 N–H and O–H groups in total. The van der Waals surface area contributed by atoms with E-state index in [0.29, 0.717) is 5.69 Å². The van der Waals surface area contributed by atoms with Gasteiger partial charge >= 0.3 is 0 Å². The fraction of sp³-hybridized carbons (Fsp3) is 0.188. The molecule has 0 spiro atoms. The first-order valence-corrected chi connectivity index (χ1v) is 9.63. The molecule has 0 unspecified atom stereocenters. The molecule has 0 aliphatic heterocycles. The number of nitrogens with zero attached hydrogens (tertiary/aromatic N) is 1. The second-order valence-electron chi connectivity index (χ2n) is 5.17. The fourth-order valence-electron chi connectivity index (χ4n) is 2.06. The number of rotatable bonds is 5. The summed E-state index contributed by atoms with van der Waals surface area (Å²) in [5.74, 6) is -0.248. The zero-order valence-corrected chi connectivity index (χ0v) is 16.0. The zero-order chi connectivity index (χ0) is 18.8. The van der Waals surface area contributed by atoms with Crippen LogP contribution < -0.4 is 14.4 Å². The molecule has 134 valence electrons. The van der Waals surface area contributed by atoms with Gasteiger partial charge in [0.1, 0.15) is 5.75 Å². The van der Waals surface area contributed by atoms with E-state index in [1.54, 1.807) is 24.3 Å². The van der Waals surface area contributed by atoms with E-state index in [0.717, 1.165) is 10.6 Å². The first kappa shape index (κ1) is 19.4. The Labute approximate surface area is 156 Å². The van der Waals surface area contributed by atoms with Crippen molar-refractivity contribution in [1.29, 1.82) is 0 Å². The highest BCUT2D eigenvalue weighted by molar-refractivity contribution is 7.92. The molecule has 2 rings (SSSR count). The van der Waals surface area contributed by atoms with Crippen LogP contribution >= 0.6 is 23.2 Å². The van der Waals surface area contributed by atoms with E-state index in [1.165, 1.54) is 26.3 Å². The van der Waals surface area contributed by atoms with Crippen LogP contribution in [0.1, 0.15) is 10.4 Å². The monoisotopic (exact) mass is 402 g/mol. The van der Waals surface area contributed by atoms with Crippen molar-refractivity contribution in [2.24, 2.45) is 0 Å². The lowest BCUT2D eigenvalue weighted by Gasteiger charge is -2.19. The van der Waals surface area contributed by atoms with E-state index in [4.69, 9.17) is 27.9 Å². The van der Waals surface area contributed by atoms with E-state index < -0.39 is 15.9 Å². The van der Waals surface area contributed by atoms with Crippen molar-refractivity contribution in [2.45, 2.75) is 0 Å². The van der Waals surface area contributed by atoms with Gasteiger partial charge < -0.3 is 10.1 Å². The average Bonchev–Trinajstić information content (AvgIpc) is 2.56. The Morgan fingerprint density at radius 2 is 1.76 bits per heavy atom. The van der Waals surface area contributed by atoms with Crippen LogP contribution in [0.15, 0.2) is 36.4 Å². The highest BCUT2D eigenvalue weighted by Gasteiger charge is 2.19. The van der Waals surface area contributed by atoms with Gasteiger partial charge in [-0.05, 0) is 30.3 Å². The lowest BCUT2D eigenvalue weighted by Crippen LogP contribution is -2.25. The Bertz CT molecular complexity index is 896. The van der Waals surface area contributed by atoms with Crippen LogP contribution in [0.2, 0.25) is 10.0 Å². The maximum absolute atomic E-state index is 12.6. The van der Waals surface area contributed by atoms with Gasteiger partial charge in [0.25, 0.3) is 5.91 Å². The number of ether oxygens (including phenoxy) is 1. The van der Waals surface area contributed by atoms with Gasteiger partial charge in [-0.3, -0.25) is 9.10 Å². The lowest BCUT2D eigenvalue weighted by molar-refractivity contribution is 0.102. The van der Waals surface area contributed by atoms with Gasteiger partial charge in [0.05, 0.1) is 40.3 Å². The third-order valence-corrected chi connectivity index (χ3v) is 5.33. The minimum atomic E-state index is -3.47. The van der Waals surface area contributed by atoms with Crippen molar-refractivity contribution < 1.29 is 17.9 Å². The molecule has 1 amide bonds. The number of para-hydroxylation sites is 1. The summed E-state index contributed by atoms with van der Waals surface area (Å²) in [5.41, 5.74) is 0.727. The predicted molar refractivity (Wildman–Crippen MR) is 101 cm³/mol. The number of methoxy groups -OCH3 is 1. The maximum Gasteiger partial charge on any atom is 0.259 e. The number of hydrogen-bond donors (Lipinski definition) is 1. The van der Waals surface area contributed by atoms with Crippen LogP contribution in [-0.2, 0) is 10.0 Å². The van der Waals surface area contributed by atoms with Crippen molar-refractivity contribution in [3.63, 3.8) is 0 Å². The molecule has 0 atom stereocenters. The second-order valence-corrected chi connectivity index (χ2v) is 7.99. The molecule has 0 saturated carbocycles. The van der Waals surface area contributed by atoms with E-state index in [-0.39, 0.29) is 27.0 Å². The summed E-state index contributed by atoms with van der Waals surface area (Å²) in [5, 5.41) is 3.19. The Balaban J connectivity index is 2.44. The third-order valence-electron chi connectivity index (χ3n) is 3.49. The summed E-state index contributed by atoms with van der Waals surface area (Å²) in [6, 6.07) is 9.31. The van der Waals surface area contributed by atoms with Gasteiger partial charge in [-0.2, -0.15) is 0 Å². The maximum atomic E-state index is 12.6. The van der Waals surface area contributed by atoms with Crippen LogP contribution in [0.5, 0.6) is 5.75 Å². The van der Waals surface area contributed by atoms with Crippen molar-refractivity contribution in [2.75, 3.05) is 30.0 Å². The molecular formula is C16H16Cl2N2O4S. The third kappa shape index (κ3) is 4.36. The topological polar surface area (TPSA) is 75.7 Å². The van der Waals surface area contributed by atoms with E-state index in [9.17, 15) is 13.2 Å². The minimum Gasteiger partial charge on any atom is -0.496 e. The standard InChI is InChI=1S/C16H16Cl2N2O4S/c1-20(25(3,22)23)10-7-8-14(24-2)11(9-10)16(21)19-15-12(17)5-4-6-13(15)18/h4-9H,1-3H3,(H,19,21). The van der Waals surface area contributed by atoms with Gasteiger partial charge in [-0.15, -0.1) is 0 Å². The number of sulfonamides is 1. The Morgan fingerprint density at radius 1 is 1.16 bits per heavy atom. The second kappa shape index (κ2) is 7.51. The van der Waals surface area contributed by atoms with Crippen molar-refractivity contribution in [1.82, 2.24) is 0 Å². The smallest absolute Gasteiger partial charge is 0.259 e. The molecule has 0 saturated heterocycles. The first-order valence-electron chi connectivity index (χ1n) is 7.02. The number of carbonyl (C=O) groups is 1. The van der Waals surface area contributed by atoms with Crippen molar-refractivity contribution in [3.8, 4) is 5.75 Å². The molecule has 0 radical (unpaired) electrons. The summed E-state index contributed by atoms with van der Waals surface area (Å²) in [6.07, 6.45) is 1.07. The van der Waals surface area contributed by atoms with Gasteiger partial charge in [0, 0.05) is 7.05 Å². The van der Waals surface area contributed by atoms with Gasteiger partial charge in [0.15, 0.2) is 0 Å². The van der Waals surface area contributed by atoms with Crippen molar-refractivity contribution in [3.05, 3.63) is 52.0 Å². The number of hydrogen-bond acceptors (Lipinski definition) is 4. The van der Waals surface area contributed by atoms with Crippen LogP contribution in [0.4, 0.5) is 11.4 Å². The zero-order valence-electron chi connectivity index (χ0n) is 13.7. The average molecular weight is 403 g/mol. The van der Waals surface area contributed by atoms with Gasteiger partial charge in [-0.1, -0.05) is 29.3 Å². The SMILES string of the molecule is COc1ccc(N(C)S(C)(=O)=O)cc1C(=O)Nc1c(Cl)cccc1Cl. The number of anilines is 2. The molecular weight excluding hydrogens is 387 g/mol. The molecule has 0 fully saturated rings. The molecule has 2 aromatic carbocycles. The molecule has 9 heteroatoms. The lowest BCUT2D eigenvalue weighted by atomic mass is 10.1. The Hall–Kier alpha value is -1.96. The molecule has 0 aliphatic rings. The summed E-state index contributed by atoms with van der Waals surface area (Å²) >= 11 is 12.1. The van der Waals surface area contributed by atoms with Crippen molar-refractivity contribution >= 4 is 50.5 Å². The summed E-state index contributed by atoms with van der Waals surface area (Å²) in [4.78, 5) is 12.6. The molecule has 6 nitrogen and oxygen atoms in total. The Kier molecular flexibility index (Phi) is 5.82. The number of amides is 1. The fourth-order valence-corrected chi connectivity index (χ4v) is 3.05. The summed E-state index contributed by atoms with van der Waals surface area (Å²) in [7, 11) is -0.668. The molecule has 0 aromatic heterocycles.